The van der Waals surface area contributed by atoms with Gasteiger partial charge in [0.25, 0.3) is 11.8 Å². The number of rotatable bonds is 19. The zero-order chi connectivity index (χ0) is 56.5. The lowest BCUT2D eigenvalue weighted by molar-refractivity contribution is 0.0537. The Balaban J connectivity index is 0.000000192. The lowest BCUT2D eigenvalue weighted by Crippen LogP contribution is -2.52. The third-order valence-corrected chi connectivity index (χ3v) is 15.7. The molecule has 2 saturated carbocycles. The summed E-state index contributed by atoms with van der Waals surface area (Å²) in [5.74, 6) is -5.17. The van der Waals surface area contributed by atoms with Gasteiger partial charge in [0.2, 0.25) is 10.9 Å². The number of halogens is 4. The third-order valence-electron chi connectivity index (χ3n) is 15.7. The van der Waals surface area contributed by atoms with Gasteiger partial charge in [-0.25, -0.2) is 17.6 Å². The van der Waals surface area contributed by atoms with Gasteiger partial charge in [-0.15, -0.1) is 0 Å². The first-order valence-electron chi connectivity index (χ1n) is 26.4. The number of hydrogen-bond acceptors (Lipinski definition) is 10. The van der Waals surface area contributed by atoms with Crippen molar-refractivity contribution in [3.05, 3.63) is 198 Å². The molecular weight excluding hydrogens is 1020 g/mol. The van der Waals surface area contributed by atoms with Crippen LogP contribution in [0.1, 0.15) is 117 Å². The van der Waals surface area contributed by atoms with Crippen molar-refractivity contribution in [3.63, 3.8) is 0 Å². The highest BCUT2D eigenvalue weighted by atomic mass is 19.1. The summed E-state index contributed by atoms with van der Waals surface area (Å²) in [6.45, 7) is 8.74. The second-order valence-electron chi connectivity index (χ2n) is 21.4. The molecule has 2 aliphatic carbocycles. The summed E-state index contributed by atoms with van der Waals surface area (Å²) in [5.41, 5.74) is -0.792. The molecule has 0 radical (unpaired) electrons. The van der Waals surface area contributed by atoms with Gasteiger partial charge in [-0.05, 0) is 87.8 Å². The number of carbonyl (C=O) groups excluding carboxylic acids is 4. The Morgan fingerprint density at radius 3 is 1.38 bits per heavy atom. The largest absolute Gasteiger partial charge is 0.483 e. The van der Waals surface area contributed by atoms with E-state index >= 15 is 0 Å². The van der Waals surface area contributed by atoms with Crippen molar-refractivity contribution in [1.29, 1.82) is 0 Å². The molecule has 10 rings (SSSR count). The summed E-state index contributed by atoms with van der Waals surface area (Å²) in [6.07, 6.45) is 3.75. The molecule has 4 atom stereocenters. The first kappa shape index (κ1) is 56.0. The van der Waals surface area contributed by atoms with Crippen LogP contribution in [0.25, 0.3) is 0 Å². The highest BCUT2D eigenvalue weighted by Crippen LogP contribution is 2.55. The number of methoxy groups -OCH3 is 1. The number of fused-ring (bicyclic) bond motifs is 4. The van der Waals surface area contributed by atoms with Crippen molar-refractivity contribution in [2.45, 2.75) is 103 Å². The minimum absolute atomic E-state index is 0.00685. The predicted molar refractivity (Wildman–Crippen MR) is 284 cm³/mol. The Morgan fingerprint density at radius 2 is 1.01 bits per heavy atom. The van der Waals surface area contributed by atoms with E-state index in [2.05, 4.69) is 0 Å². The van der Waals surface area contributed by atoms with Crippen LogP contribution in [0.3, 0.4) is 0 Å². The summed E-state index contributed by atoms with van der Waals surface area (Å²) in [4.78, 5) is 85.2. The normalized spacial score (nSPS) is 19.8. The summed E-state index contributed by atoms with van der Waals surface area (Å²) in [6, 6.07) is 24.4. The number of benzene rings is 4. The van der Waals surface area contributed by atoms with Gasteiger partial charge in [0.05, 0.1) is 28.8 Å². The molecule has 4 heterocycles. The summed E-state index contributed by atoms with van der Waals surface area (Å²) in [7, 11) is 1.62. The number of aryl methyl sites for hydroxylation is 2. The fourth-order valence-corrected chi connectivity index (χ4v) is 11.0. The van der Waals surface area contributed by atoms with Crippen LogP contribution in [0.2, 0.25) is 0 Å². The number of carbonyl (C=O) groups is 4. The number of hydrogen-bond donors (Lipinski definition) is 1. The van der Waals surface area contributed by atoms with Crippen LogP contribution in [0.4, 0.5) is 17.6 Å². The molecule has 1 N–H and O–H groups in total. The fourth-order valence-electron chi connectivity index (χ4n) is 11.0. The monoisotopic (exact) mass is 1090 g/mol. The van der Waals surface area contributed by atoms with Gasteiger partial charge in [-0.3, -0.25) is 28.8 Å². The standard InChI is InChI=1S/C31H32F2N2O5.C30H30F2N2O5/c1-19(2)34-18-31(14-22(31)17-39-3)35-15-24(26(36)12-10-21-9-11-23(32)13-25(21)33)28(37)29(27(35)30(34)38)40-16-20-7-5-4-6-8-20;1-18(2)33-17-30(13-21(30)15-35)34-14-23(25(36)11-9-20-8-10-22(31)12-24(20)32)27(37)28(26(34)29(33)38)39-16-19-6-4-3-5-7-19/h4-9,11,13,15,19,22H,10,12,14,16-18H2,1-3H3;3-8,10,12,14,18,21,35H,9,11,13,15-17H2,1-2H3/t22-,31-;21-,30-/m11/s1. The highest BCUT2D eigenvalue weighted by molar-refractivity contribution is 6.01. The van der Waals surface area contributed by atoms with Gasteiger partial charge in [0.15, 0.2) is 34.5 Å². The van der Waals surface area contributed by atoms with Crippen molar-refractivity contribution in [1.82, 2.24) is 18.9 Å². The molecule has 2 fully saturated rings. The van der Waals surface area contributed by atoms with E-state index in [1.807, 2.05) is 88.4 Å². The molecule has 0 saturated heterocycles. The molecule has 2 aliphatic heterocycles. The topological polar surface area (TPSA) is 167 Å². The number of aliphatic hydroxyl groups excluding tert-OH is 1. The molecule has 414 valence electrons. The molecule has 0 unspecified atom stereocenters. The number of aromatic nitrogens is 2. The van der Waals surface area contributed by atoms with E-state index < -0.39 is 56.8 Å². The first-order chi connectivity index (χ1) is 37.8. The Kier molecular flexibility index (Phi) is 16.3. The lowest BCUT2D eigenvalue weighted by Gasteiger charge is -2.40. The molecule has 2 aromatic heterocycles. The average molecular weight is 1090 g/mol. The van der Waals surface area contributed by atoms with Crippen LogP contribution in [-0.2, 0) is 41.9 Å². The van der Waals surface area contributed by atoms with E-state index in [4.69, 9.17) is 14.2 Å². The van der Waals surface area contributed by atoms with Gasteiger partial charge in [0.1, 0.15) is 36.5 Å². The minimum atomic E-state index is -0.765. The molecular formula is C61H62F4N4O10. The molecule has 0 bridgehead atoms. The number of ketones is 2. The van der Waals surface area contributed by atoms with Gasteiger partial charge in [-0.2, -0.15) is 0 Å². The zero-order valence-corrected chi connectivity index (χ0v) is 44.6. The van der Waals surface area contributed by atoms with Crippen molar-refractivity contribution in [2.75, 3.05) is 33.4 Å². The number of nitrogens with zero attached hydrogens (tertiary/aromatic N) is 4. The highest BCUT2D eigenvalue weighted by Gasteiger charge is 2.62. The lowest BCUT2D eigenvalue weighted by atomic mass is 9.99. The van der Waals surface area contributed by atoms with Gasteiger partial charge >= 0.3 is 0 Å². The van der Waals surface area contributed by atoms with E-state index in [1.165, 1.54) is 24.5 Å². The predicted octanol–water partition coefficient (Wildman–Crippen LogP) is 8.84. The first-order valence-corrected chi connectivity index (χ1v) is 26.4. The van der Waals surface area contributed by atoms with Crippen molar-refractivity contribution < 1.29 is 56.1 Å². The maximum atomic E-state index is 14.2. The van der Waals surface area contributed by atoms with Crippen LogP contribution in [0, 0.1) is 35.1 Å². The number of ether oxygens (including phenoxy) is 3. The van der Waals surface area contributed by atoms with E-state index in [1.54, 1.807) is 26.0 Å². The second kappa shape index (κ2) is 22.9. The van der Waals surface area contributed by atoms with Crippen LogP contribution >= 0.6 is 0 Å². The molecule has 2 amide bonds. The number of Topliss-reactive ketones (excluding diaryl/α,β-unsaturated/α-hetero) is 2. The number of aliphatic hydroxyl groups is 1. The van der Waals surface area contributed by atoms with E-state index in [9.17, 15) is 51.4 Å². The molecule has 6 aromatic rings. The molecule has 79 heavy (non-hydrogen) atoms. The molecule has 2 spiro atoms. The molecule has 18 heteroatoms. The quantitative estimate of drug-likeness (QED) is 0.0612. The number of pyridine rings is 2. The Bertz CT molecular complexity index is 3440. The van der Waals surface area contributed by atoms with Gasteiger partial charge in [0, 0.05) is 88.1 Å². The van der Waals surface area contributed by atoms with Crippen LogP contribution in [-0.4, -0.2) is 92.9 Å². The molecule has 14 nitrogen and oxygen atoms in total. The third kappa shape index (κ3) is 11.2. The molecule has 4 aliphatic rings. The zero-order valence-electron chi connectivity index (χ0n) is 44.6. The van der Waals surface area contributed by atoms with Gasteiger partial charge in [-0.1, -0.05) is 72.8 Å². The van der Waals surface area contributed by atoms with E-state index in [0.717, 1.165) is 35.4 Å². The number of amides is 2. The van der Waals surface area contributed by atoms with Crippen molar-refractivity contribution >= 4 is 23.4 Å². The SMILES string of the molecule is CC(C)N1C[C@@]2(C[C@@H]2CO)n2cc(C(=O)CCc3ccc(F)cc3F)c(=O)c(OCc3ccccc3)c2C1=O.COC[C@H]1C[C@@]12CN(C(C)C)C(=O)c1c(OCc3ccccc3)c(=O)c(C(=O)CCc3ccc(F)cc3F)cn12. The fraction of sp³-hybridized carbons (Fsp3) is 0.377. The molecule has 4 aromatic carbocycles. The smallest absolute Gasteiger partial charge is 0.274 e. The maximum absolute atomic E-state index is 14.2. The Morgan fingerprint density at radius 1 is 0.608 bits per heavy atom. The Labute approximate surface area is 454 Å². The van der Waals surface area contributed by atoms with Crippen LogP contribution in [0.15, 0.2) is 119 Å². The summed E-state index contributed by atoms with van der Waals surface area (Å²) >= 11 is 0. The van der Waals surface area contributed by atoms with E-state index in [0.29, 0.717) is 32.5 Å². The maximum Gasteiger partial charge on any atom is 0.274 e. The van der Waals surface area contributed by atoms with Gasteiger partial charge < -0.3 is 38.3 Å². The van der Waals surface area contributed by atoms with Crippen molar-refractivity contribution in [2.24, 2.45) is 11.8 Å². The second-order valence-corrected chi connectivity index (χ2v) is 21.4. The minimum Gasteiger partial charge on any atom is -0.483 e. The van der Waals surface area contributed by atoms with Crippen LogP contribution in [0.5, 0.6) is 11.5 Å². The van der Waals surface area contributed by atoms with Crippen LogP contribution < -0.4 is 20.3 Å². The summed E-state index contributed by atoms with van der Waals surface area (Å²) in [5, 5.41) is 10.0. The van der Waals surface area contributed by atoms with Crippen molar-refractivity contribution in [3.8, 4) is 11.5 Å². The summed E-state index contributed by atoms with van der Waals surface area (Å²) < 4.78 is 75.9. The van der Waals surface area contributed by atoms with E-state index in [-0.39, 0.29) is 126 Å². The Hall–Kier alpha value is -7.70. The average Bonchev–Trinajstić information content (AvgIpc) is 2.56.